The molecule has 0 saturated heterocycles. The molecule has 0 heteroatoms. The molecule has 10 aromatic rings. The molecule has 0 fully saturated rings. The van der Waals surface area contributed by atoms with Gasteiger partial charge in [-0.3, -0.25) is 0 Å². The van der Waals surface area contributed by atoms with Crippen LogP contribution in [0, 0.1) is 0 Å². The van der Waals surface area contributed by atoms with Gasteiger partial charge in [-0.05, 0) is 141 Å². The quantitative estimate of drug-likeness (QED) is 0.128. The predicted octanol–water partition coefficient (Wildman–Crippen LogP) is 19.5. The Kier molecular flexibility index (Phi) is 11.4. The van der Waals surface area contributed by atoms with Gasteiger partial charge >= 0.3 is 0 Å². The fraction of sp³-hybridized carbons (Fsp3) is 0. The van der Waals surface area contributed by atoms with Crippen LogP contribution in [-0.4, -0.2) is 0 Å². The molecule has 0 aromatic heterocycles. The second-order valence-corrected chi connectivity index (χ2v) is 17.8. The van der Waals surface area contributed by atoms with E-state index in [1.807, 2.05) is 0 Å². The fourth-order valence-electron chi connectivity index (χ4n) is 10.6. The number of benzene rings is 10. The van der Waals surface area contributed by atoms with Crippen molar-refractivity contribution < 1.29 is 0 Å². The molecular formula is C70H48. The smallest absolute Gasteiger partial charge is 0.00143 e. The SMILES string of the molecule is c1ccc(-c2cc(-c3cc(-c4cc(-c5ccccc5)c(-c5ccccc5)c(-c5ccccc5)c4-c4ccccc4)c4cccccc3-4)c(-c3ccccc3)c(-c3ccccc3)c2-c2ccccc2)cc1. The largest absolute Gasteiger partial charge is 0.0622 e. The third-order valence-electron chi connectivity index (χ3n) is 13.7. The third-order valence-corrected chi connectivity index (χ3v) is 13.7. The first-order chi connectivity index (χ1) is 34.8. The van der Waals surface area contributed by atoms with Crippen molar-refractivity contribution in [3.05, 3.63) is 291 Å². The minimum absolute atomic E-state index is 1.17. The minimum atomic E-state index is 1.17. The third kappa shape index (κ3) is 7.82. The molecular weight excluding hydrogens is 841 g/mol. The maximum absolute atomic E-state index is 2.51. The van der Waals surface area contributed by atoms with E-state index in [4.69, 9.17) is 0 Å². The molecule has 328 valence electrons. The normalized spacial score (nSPS) is 11.1. The van der Waals surface area contributed by atoms with E-state index in [0.29, 0.717) is 0 Å². The Hall–Kier alpha value is -9.10. The molecule has 2 aliphatic carbocycles. The zero-order valence-electron chi connectivity index (χ0n) is 38.7. The van der Waals surface area contributed by atoms with Gasteiger partial charge in [0, 0.05) is 0 Å². The second kappa shape index (κ2) is 18.9. The summed E-state index contributed by atoms with van der Waals surface area (Å²) in [5, 5.41) is 0. The van der Waals surface area contributed by atoms with E-state index in [2.05, 4.69) is 291 Å². The fourth-order valence-corrected chi connectivity index (χ4v) is 10.6. The molecule has 0 unspecified atom stereocenters. The minimum Gasteiger partial charge on any atom is -0.0622 e. The molecule has 0 spiro atoms. The number of fused-ring (bicyclic) bond motifs is 1. The second-order valence-electron chi connectivity index (χ2n) is 17.8. The average Bonchev–Trinajstić information content (AvgIpc) is 3.62. The zero-order chi connectivity index (χ0) is 46.6. The maximum atomic E-state index is 2.51. The summed E-state index contributed by atoms with van der Waals surface area (Å²) in [6.07, 6.45) is 0. The van der Waals surface area contributed by atoms with Gasteiger partial charge in [0.1, 0.15) is 0 Å². The molecule has 0 heterocycles. The average molecular weight is 889 g/mol. The number of rotatable bonds is 10. The van der Waals surface area contributed by atoms with E-state index in [1.54, 1.807) is 0 Å². The highest BCUT2D eigenvalue weighted by Gasteiger charge is 2.30. The summed E-state index contributed by atoms with van der Waals surface area (Å²) in [4.78, 5) is 0. The van der Waals surface area contributed by atoms with Crippen LogP contribution in [0.4, 0.5) is 0 Å². The molecule has 0 nitrogen and oxygen atoms in total. The highest BCUT2D eigenvalue weighted by molar-refractivity contribution is 6.14. The van der Waals surface area contributed by atoms with E-state index in [0.717, 1.165) is 0 Å². The van der Waals surface area contributed by atoms with E-state index < -0.39 is 0 Å². The standard InChI is InChI=1S/C70H48/c1-10-28-49(29-11-1)59-46-63(67(53-36-18-5-19-37-53)69(55-40-22-7-23-41-55)65(59)51-32-14-3-15-33-51)61-48-62(58-45-27-9-26-44-57(58)61)64-47-60(50-30-12-2-13-31-50)66(52-34-16-4-17-35-52)70(56-42-24-8-25-43-56)68(64)54-38-20-6-21-39-54/h1-48H. The first-order valence-corrected chi connectivity index (χ1v) is 24.2. The highest BCUT2D eigenvalue weighted by Crippen LogP contribution is 2.57. The zero-order valence-corrected chi connectivity index (χ0v) is 38.7. The molecule has 12 rings (SSSR count). The molecule has 0 atom stereocenters. The molecule has 0 bridgehead atoms. The van der Waals surface area contributed by atoms with Crippen LogP contribution in [0.2, 0.25) is 0 Å². The van der Waals surface area contributed by atoms with Crippen molar-refractivity contribution in [1.82, 2.24) is 0 Å². The predicted molar refractivity (Wildman–Crippen MR) is 297 cm³/mol. The lowest BCUT2D eigenvalue weighted by molar-refractivity contribution is 1.53. The molecule has 70 heavy (non-hydrogen) atoms. The molecule has 0 amide bonds. The van der Waals surface area contributed by atoms with Crippen molar-refractivity contribution in [3.8, 4) is 122 Å². The van der Waals surface area contributed by atoms with Gasteiger partial charge in [-0.1, -0.05) is 273 Å². The first-order valence-electron chi connectivity index (χ1n) is 24.2. The van der Waals surface area contributed by atoms with Gasteiger partial charge < -0.3 is 0 Å². The maximum Gasteiger partial charge on any atom is -0.00143 e. The monoisotopic (exact) mass is 888 g/mol. The Labute approximate surface area is 411 Å². The Bertz CT molecular complexity index is 3430. The van der Waals surface area contributed by atoms with Gasteiger partial charge in [0.05, 0.1) is 0 Å². The van der Waals surface area contributed by atoms with Gasteiger partial charge in [0.25, 0.3) is 0 Å². The summed E-state index contributed by atoms with van der Waals surface area (Å²) < 4.78 is 0. The molecule has 0 saturated carbocycles. The Morgan fingerprint density at radius 3 is 0.557 bits per heavy atom. The summed E-state index contributed by atoms with van der Waals surface area (Å²) >= 11 is 0. The molecule has 0 N–H and O–H groups in total. The lowest BCUT2D eigenvalue weighted by Crippen LogP contribution is -1.98. The van der Waals surface area contributed by atoms with E-state index in [1.165, 1.54) is 122 Å². The van der Waals surface area contributed by atoms with E-state index >= 15 is 0 Å². The van der Waals surface area contributed by atoms with Crippen molar-refractivity contribution in [2.45, 2.75) is 0 Å². The van der Waals surface area contributed by atoms with Gasteiger partial charge in [0.2, 0.25) is 0 Å². The van der Waals surface area contributed by atoms with Gasteiger partial charge in [0.15, 0.2) is 0 Å². The summed E-state index contributed by atoms with van der Waals surface area (Å²) in [5.41, 5.74) is 26.1. The molecule has 0 radical (unpaired) electrons. The van der Waals surface area contributed by atoms with Crippen LogP contribution in [0.5, 0.6) is 0 Å². The van der Waals surface area contributed by atoms with Crippen molar-refractivity contribution in [2.24, 2.45) is 0 Å². The number of hydrogen-bond donors (Lipinski definition) is 0. The molecule has 2 aliphatic rings. The van der Waals surface area contributed by atoms with Crippen LogP contribution in [-0.2, 0) is 0 Å². The Morgan fingerprint density at radius 1 is 0.114 bits per heavy atom. The van der Waals surface area contributed by atoms with Gasteiger partial charge in [-0.2, -0.15) is 0 Å². The van der Waals surface area contributed by atoms with Crippen molar-refractivity contribution in [3.63, 3.8) is 0 Å². The van der Waals surface area contributed by atoms with Crippen LogP contribution in [0.1, 0.15) is 0 Å². The lowest BCUT2D eigenvalue weighted by atomic mass is 9.78. The van der Waals surface area contributed by atoms with Crippen LogP contribution >= 0.6 is 0 Å². The number of hydrogen-bond acceptors (Lipinski definition) is 0. The van der Waals surface area contributed by atoms with E-state index in [9.17, 15) is 0 Å². The van der Waals surface area contributed by atoms with Crippen LogP contribution in [0.15, 0.2) is 291 Å². The molecule has 10 aromatic carbocycles. The molecule has 0 aliphatic heterocycles. The van der Waals surface area contributed by atoms with Crippen molar-refractivity contribution in [2.75, 3.05) is 0 Å². The Balaban J connectivity index is 1.27. The Morgan fingerprint density at radius 2 is 0.300 bits per heavy atom. The topological polar surface area (TPSA) is 0 Å². The lowest BCUT2D eigenvalue weighted by Gasteiger charge is -2.24. The van der Waals surface area contributed by atoms with Crippen LogP contribution in [0.25, 0.3) is 122 Å². The first kappa shape index (κ1) is 42.3. The summed E-state index contributed by atoms with van der Waals surface area (Å²) in [5.74, 6) is 0. The van der Waals surface area contributed by atoms with Crippen LogP contribution in [0.3, 0.4) is 0 Å². The summed E-state index contributed by atoms with van der Waals surface area (Å²) in [7, 11) is 0. The summed E-state index contributed by atoms with van der Waals surface area (Å²) in [6.45, 7) is 0. The van der Waals surface area contributed by atoms with Crippen molar-refractivity contribution in [1.29, 1.82) is 0 Å². The van der Waals surface area contributed by atoms with Crippen LogP contribution < -0.4 is 0 Å². The van der Waals surface area contributed by atoms with Gasteiger partial charge in [-0.15, -0.1) is 0 Å². The summed E-state index contributed by atoms with van der Waals surface area (Å²) in [6, 6.07) is 107. The van der Waals surface area contributed by atoms with Gasteiger partial charge in [-0.25, -0.2) is 0 Å². The van der Waals surface area contributed by atoms with Crippen molar-refractivity contribution >= 4 is 0 Å². The highest BCUT2D eigenvalue weighted by atomic mass is 14.3. The van der Waals surface area contributed by atoms with E-state index in [-0.39, 0.29) is 0 Å².